The molecule has 0 amide bonds. The minimum Gasteiger partial charge on any atom is -0.507 e. The lowest BCUT2D eigenvalue weighted by Gasteiger charge is -2.07. The zero-order valence-electron chi connectivity index (χ0n) is 12.8. The maximum Gasteiger partial charge on any atom is 0.271 e. The van der Waals surface area contributed by atoms with Gasteiger partial charge >= 0.3 is 0 Å². The molecule has 6 nitrogen and oxygen atoms in total. The predicted octanol–water partition coefficient (Wildman–Crippen LogP) is 4.68. The van der Waals surface area contributed by atoms with Gasteiger partial charge in [-0.15, -0.1) is 0 Å². The van der Waals surface area contributed by atoms with Gasteiger partial charge in [0.1, 0.15) is 16.9 Å². The van der Waals surface area contributed by atoms with Crippen molar-refractivity contribution in [2.75, 3.05) is 0 Å². The molecule has 0 aliphatic rings. The van der Waals surface area contributed by atoms with E-state index in [2.05, 4.69) is 0 Å². The third-order valence-electron chi connectivity index (χ3n) is 4.16. The molecule has 25 heavy (non-hydrogen) atoms. The highest BCUT2D eigenvalue weighted by Crippen LogP contribution is 2.41. The lowest BCUT2D eigenvalue weighted by molar-refractivity contribution is -0.384. The Labute approximate surface area is 141 Å². The lowest BCUT2D eigenvalue weighted by atomic mass is 9.98. The number of aromatic hydroxyl groups is 1. The summed E-state index contributed by atoms with van der Waals surface area (Å²) in [6.45, 7) is 0. The molecule has 0 spiro atoms. The Balaban J connectivity index is 2.10. The number of furan rings is 1. The fraction of sp³-hybridized carbons (Fsp3) is 0. The molecule has 122 valence electrons. The van der Waals surface area contributed by atoms with Crippen LogP contribution in [0.15, 0.2) is 59.0 Å². The Morgan fingerprint density at radius 2 is 1.76 bits per heavy atom. The summed E-state index contributed by atoms with van der Waals surface area (Å²) in [4.78, 5) is 21.7. The number of benzene rings is 3. The second-order valence-corrected chi connectivity index (χ2v) is 5.59. The molecule has 0 atom stereocenters. The van der Waals surface area contributed by atoms with Crippen molar-refractivity contribution in [3.8, 4) is 16.9 Å². The molecule has 1 N–H and O–H groups in total. The van der Waals surface area contributed by atoms with Crippen molar-refractivity contribution < 1.29 is 19.2 Å². The number of rotatable bonds is 3. The number of nitrogens with zero attached hydrogens (tertiary/aromatic N) is 1. The van der Waals surface area contributed by atoms with Crippen LogP contribution >= 0.6 is 0 Å². The largest absolute Gasteiger partial charge is 0.507 e. The Morgan fingerprint density at radius 3 is 2.52 bits per heavy atom. The summed E-state index contributed by atoms with van der Waals surface area (Å²) < 4.78 is 5.90. The highest BCUT2D eigenvalue weighted by Gasteiger charge is 2.20. The first-order valence-corrected chi connectivity index (χ1v) is 7.47. The zero-order chi connectivity index (χ0) is 17.6. The minimum absolute atomic E-state index is 0.141. The van der Waals surface area contributed by atoms with Crippen LogP contribution in [0.3, 0.4) is 0 Å². The smallest absolute Gasteiger partial charge is 0.271 e. The van der Waals surface area contributed by atoms with E-state index in [0.29, 0.717) is 23.0 Å². The minimum atomic E-state index is -0.602. The van der Waals surface area contributed by atoms with E-state index >= 15 is 0 Å². The summed E-state index contributed by atoms with van der Waals surface area (Å²) in [5.41, 5.74) is 1.42. The molecule has 0 aliphatic heterocycles. The molecular weight excluding hydrogens is 322 g/mol. The molecule has 0 unspecified atom stereocenters. The van der Waals surface area contributed by atoms with E-state index in [0.717, 1.165) is 16.8 Å². The number of para-hydroxylation sites is 2. The van der Waals surface area contributed by atoms with Crippen LogP contribution in [0.5, 0.6) is 5.75 Å². The summed E-state index contributed by atoms with van der Waals surface area (Å²) in [5.74, 6) is -0.312. The van der Waals surface area contributed by atoms with Crippen LogP contribution in [-0.4, -0.2) is 16.3 Å². The molecule has 0 saturated carbocycles. The molecule has 0 fully saturated rings. The highest BCUT2D eigenvalue weighted by atomic mass is 16.6. The molecule has 0 aliphatic carbocycles. The number of carbonyl (C=O) groups is 1. The second-order valence-electron chi connectivity index (χ2n) is 5.59. The summed E-state index contributed by atoms with van der Waals surface area (Å²) >= 11 is 0. The van der Waals surface area contributed by atoms with Crippen LogP contribution in [0.2, 0.25) is 0 Å². The first kappa shape index (κ1) is 14.9. The van der Waals surface area contributed by atoms with Gasteiger partial charge in [-0.05, 0) is 6.07 Å². The van der Waals surface area contributed by atoms with Gasteiger partial charge in [0, 0.05) is 34.0 Å². The zero-order valence-corrected chi connectivity index (χ0v) is 12.8. The number of carbonyl (C=O) groups excluding carboxylic acids is 1. The Bertz CT molecular complexity index is 1160. The fourth-order valence-corrected chi connectivity index (χ4v) is 3.00. The van der Waals surface area contributed by atoms with Gasteiger partial charge in [0.15, 0.2) is 6.29 Å². The standard InChI is InChI=1S/C19H11NO5/c21-10-11-8-12(20(23)24)9-16(18(11)22)15-6-3-5-14-13-4-1-2-7-17(13)25-19(14)15/h1-10,22H. The monoisotopic (exact) mass is 333 g/mol. The van der Waals surface area contributed by atoms with Crippen LogP contribution in [0.4, 0.5) is 5.69 Å². The fourth-order valence-electron chi connectivity index (χ4n) is 3.00. The maximum absolute atomic E-state index is 11.2. The molecule has 6 heteroatoms. The van der Waals surface area contributed by atoms with E-state index in [4.69, 9.17) is 4.42 Å². The molecule has 1 aromatic heterocycles. The summed E-state index contributed by atoms with van der Waals surface area (Å²) in [7, 11) is 0. The van der Waals surface area contributed by atoms with Crippen LogP contribution in [0.1, 0.15) is 10.4 Å². The van der Waals surface area contributed by atoms with Crippen LogP contribution in [0, 0.1) is 10.1 Å². The summed E-state index contributed by atoms with van der Waals surface area (Å²) in [5, 5.41) is 23.3. The van der Waals surface area contributed by atoms with Gasteiger partial charge in [0.2, 0.25) is 0 Å². The van der Waals surface area contributed by atoms with Crippen molar-refractivity contribution in [3.63, 3.8) is 0 Å². The number of nitro benzene ring substituents is 1. The molecule has 0 saturated heterocycles. The van der Waals surface area contributed by atoms with E-state index in [1.807, 2.05) is 30.3 Å². The van der Waals surface area contributed by atoms with Crippen molar-refractivity contribution >= 4 is 33.9 Å². The van der Waals surface area contributed by atoms with Gasteiger partial charge < -0.3 is 9.52 Å². The summed E-state index contributed by atoms with van der Waals surface area (Å²) in [6, 6.07) is 15.1. The second kappa shape index (κ2) is 5.45. The first-order chi connectivity index (χ1) is 12.1. The Kier molecular flexibility index (Phi) is 3.25. The highest BCUT2D eigenvalue weighted by molar-refractivity contribution is 6.10. The van der Waals surface area contributed by atoms with Crippen LogP contribution in [0.25, 0.3) is 33.1 Å². The van der Waals surface area contributed by atoms with Crippen molar-refractivity contribution in [1.82, 2.24) is 0 Å². The normalized spacial score (nSPS) is 11.0. The van der Waals surface area contributed by atoms with Gasteiger partial charge in [0.05, 0.1) is 10.5 Å². The van der Waals surface area contributed by atoms with Crippen molar-refractivity contribution in [1.29, 1.82) is 0 Å². The van der Waals surface area contributed by atoms with E-state index in [1.165, 1.54) is 6.07 Å². The van der Waals surface area contributed by atoms with E-state index in [1.54, 1.807) is 12.1 Å². The van der Waals surface area contributed by atoms with E-state index < -0.39 is 4.92 Å². The first-order valence-electron chi connectivity index (χ1n) is 7.47. The average Bonchev–Trinajstić information content (AvgIpc) is 3.00. The molecule has 1 heterocycles. The molecule has 4 aromatic rings. The van der Waals surface area contributed by atoms with Gasteiger partial charge in [-0.3, -0.25) is 14.9 Å². The third kappa shape index (κ3) is 2.23. The Hall–Kier alpha value is -3.67. The number of aldehydes is 1. The molecule has 0 bridgehead atoms. The molecule has 4 rings (SSSR count). The maximum atomic E-state index is 11.2. The Morgan fingerprint density at radius 1 is 1.00 bits per heavy atom. The van der Waals surface area contributed by atoms with E-state index in [-0.39, 0.29) is 22.6 Å². The topological polar surface area (TPSA) is 93.6 Å². The van der Waals surface area contributed by atoms with Gasteiger partial charge in [-0.25, -0.2) is 0 Å². The number of phenolic OH excluding ortho intramolecular Hbond substituents is 1. The van der Waals surface area contributed by atoms with Crippen LogP contribution < -0.4 is 0 Å². The van der Waals surface area contributed by atoms with E-state index in [9.17, 15) is 20.0 Å². The number of hydrogen-bond donors (Lipinski definition) is 1. The molecule has 0 radical (unpaired) electrons. The number of nitro groups is 1. The van der Waals surface area contributed by atoms with Crippen molar-refractivity contribution in [3.05, 3.63) is 70.3 Å². The van der Waals surface area contributed by atoms with Crippen molar-refractivity contribution in [2.45, 2.75) is 0 Å². The molecular formula is C19H11NO5. The predicted molar refractivity (Wildman–Crippen MR) is 92.9 cm³/mol. The van der Waals surface area contributed by atoms with Crippen molar-refractivity contribution in [2.24, 2.45) is 0 Å². The summed E-state index contributed by atoms with van der Waals surface area (Å²) in [6.07, 6.45) is 0.393. The third-order valence-corrected chi connectivity index (χ3v) is 4.16. The quantitative estimate of drug-likeness (QED) is 0.334. The SMILES string of the molecule is O=Cc1cc([N+](=O)[O-])cc(-c2cccc3c2oc2ccccc23)c1O. The average molecular weight is 333 g/mol. The number of non-ortho nitro benzene ring substituents is 1. The number of fused-ring (bicyclic) bond motifs is 3. The van der Waals surface area contributed by atoms with Gasteiger partial charge in [-0.1, -0.05) is 36.4 Å². The van der Waals surface area contributed by atoms with Crippen LogP contribution in [-0.2, 0) is 0 Å². The van der Waals surface area contributed by atoms with Gasteiger partial charge in [-0.2, -0.15) is 0 Å². The number of hydrogen-bond acceptors (Lipinski definition) is 5. The van der Waals surface area contributed by atoms with Gasteiger partial charge in [0.25, 0.3) is 5.69 Å². The molecule has 3 aromatic carbocycles. The lowest BCUT2D eigenvalue weighted by Crippen LogP contribution is -1.93. The number of phenols is 1.